The Morgan fingerprint density at radius 2 is 1.47 bits per heavy atom. The number of allylic oxidation sites excluding steroid dienone is 7. The first-order chi connectivity index (χ1) is 28.9. The van der Waals surface area contributed by atoms with Crippen molar-refractivity contribution in [3.63, 3.8) is 0 Å². The Balaban J connectivity index is 1.46. The average Bonchev–Trinajstić information content (AvgIpc) is 3.51. The summed E-state index contributed by atoms with van der Waals surface area (Å²) in [5, 5.41) is 9.38. The number of aryl methyl sites for hydroxylation is 2. The number of benzene rings is 3. The molecule has 3 aromatic carbocycles. The number of anilines is 2. The standard InChI is InChI=1S/C52H70N4O5S/c1-37-17-26-45-43(35-37)51(2,3)47(53(45)31-13-33-55(6,7)8)28-23-39-15-12-16-40(50(39)41-21-18-38(19-22-41)20-30-49(57)58)24-29-48-52(4,5)44-36-42(62(59,60)61)25-27-46(44)54(48)32-14-34-56(9,10)11/h17-19,21-29,35-36,47H,12-16,20,30-34H2,1-11H3/p+2/b28-23+,40-24+,48-29+. The van der Waals surface area contributed by atoms with Crippen LogP contribution in [0.1, 0.15) is 94.0 Å². The van der Waals surface area contributed by atoms with Crippen LogP contribution in [0.2, 0.25) is 0 Å². The van der Waals surface area contributed by atoms with Gasteiger partial charge >= 0.3 is 5.97 Å². The van der Waals surface area contributed by atoms with E-state index in [4.69, 9.17) is 0 Å². The normalized spacial score (nSPS) is 20.2. The minimum Gasteiger partial charge on any atom is -0.481 e. The molecule has 1 unspecified atom stereocenters. The monoisotopic (exact) mass is 865 g/mol. The van der Waals surface area contributed by atoms with Crippen molar-refractivity contribution in [3.05, 3.63) is 130 Å². The summed E-state index contributed by atoms with van der Waals surface area (Å²) >= 11 is 0. The van der Waals surface area contributed by atoms with E-state index in [1.807, 2.05) is 6.07 Å². The van der Waals surface area contributed by atoms with Gasteiger partial charge in [0.25, 0.3) is 10.1 Å². The maximum absolute atomic E-state index is 12.3. The quantitative estimate of drug-likeness (QED) is 0.109. The third kappa shape index (κ3) is 10.6. The number of carboxylic acid groups (broad SMARTS) is 1. The molecule has 62 heavy (non-hydrogen) atoms. The van der Waals surface area contributed by atoms with Crippen LogP contribution in [0.3, 0.4) is 0 Å². The zero-order valence-corrected chi connectivity index (χ0v) is 40.1. The second-order valence-corrected chi connectivity index (χ2v) is 22.4. The molecule has 0 fully saturated rings. The van der Waals surface area contributed by atoms with Crippen molar-refractivity contribution in [1.82, 2.24) is 0 Å². The topological polar surface area (TPSA) is 98.2 Å². The minimum absolute atomic E-state index is 0.0911. The van der Waals surface area contributed by atoms with Gasteiger partial charge in [-0.15, -0.1) is 0 Å². The number of rotatable bonds is 16. The Morgan fingerprint density at radius 3 is 2.10 bits per heavy atom. The highest BCUT2D eigenvalue weighted by Crippen LogP contribution is 2.50. The lowest BCUT2D eigenvalue weighted by Gasteiger charge is -2.34. The fraction of sp³-hybridized carbons (Fsp3) is 0.481. The number of fused-ring (bicyclic) bond motifs is 2. The molecule has 0 radical (unpaired) electrons. The van der Waals surface area contributed by atoms with E-state index in [1.54, 1.807) is 6.07 Å². The lowest BCUT2D eigenvalue weighted by atomic mass is 9.78. The lowest BCUT2D eigenvalue weighted by molar-refractivity contribution is -0.870. The fourth-order valence-electron chi connectivity index (χ4n) is 9.80. The van der Waals surface area contributed by atoms with E-state index < -0.39 is 21.5 Å². The van der Waals surface area contributed by atoms with Gasteiger partial charge in [-0.2, -0.15) is 8.42 Å². The van der Waals surface area contributed by atoms with Crippen molar-refractivity contribution in [2.45, 2.75) is 101 Å². The van der Waals surface area contributed by atoms with Gasteiger partial charge in [0.05, 0.1) is 66.3 Å². The first-order valence-electron chi connectivity index (χ1n) is 22.4. The number of carboxylic acids is 1. The van der Waals surface area contributed by atoms with Crippen LogP contribution in [0.25, 0.3) is 5.57 Å². The van der Waals surface area contributed by atoms with Crippen LogP contribution in [-0.2, 0) is 32.2 Å². The summed E-state index contributed by atoms with van der Waals surface area (Å²) in [4.78, 5) is 16.3. The van der Waals surface area contributed by atoms with Gasteiger partial charge in [0, 0.05) is 60.3 Å². The van der Waals surface area contributed by atoms with Gasteiger partial charge in [-0.1, -0.05) is 87.9 Å². The van der Waals surface area contributed by atoms with Gasteiger partial charge in [-0.05, 0) is 102 Å². The molecule has 334 valence electrons. The molecule has 10 heteroatoms. The fourth-order valence-corrected chi connectivity index (χ4v) is 10.3. The molecule has 0 bridgehead atoms. The Kier molecular flexibility index (Phi) is 13.6. The van der Waals surface area contributed by atoms with Crippen LogP contribution >= 0.6 is 0 Å². The van der Waals surface area contributed by atoms with Crippen LogP contribution in [0.5, 0.6) is 0 Å². The number of quaternary nitrogens is 2. The predicted molar refractivity (Wildman–Crippen MR) is 255 cm³/mol. The van der Waals surface area contributed by atoms with Crippen molar-refractivity contribution in [2.24, 2.45) is 0 Å². The van der Waals surface area contributed by atoms with E-state index in [9.17, 15) is 22.9 Å². The smallest absolute Gasteiger partial charge is 0.303 e. The molecule has 2 N–H and O–H groups in total. The van der Waals surface area contributed by atoms with E-state index in [0.717, 1.165) is 95.3 Å². The van der Waals surface area contributed by atoms with Crippen LogP contribution in [-0.4, -0.2) is 108 Å². The Bertz CT molecular complexity index is 2390. The van der Waals surface area contributed by atoms with Crippen LogP contribution in [0.15, 0.2) is 107 Å². The van der Waals surface area contributed by atoms with Crippen molar-refractivity contribution in [3.8, 4) is 0 Å². The third-order valence-electron chi connectivity index (χ3n) is 13.2. The maximum atomic E-state index is 12.3. The summed E-state index contributed by atoms with van der Waals surface area (Å²) in [6, 6.07) is 20.6. The lowest BCUT2D eigenvalue weighted by Crippen LogP contribution is -2.42. The largest absolute Gasteiger partial charge is 0.481 e. The second-order valence-electron chi connectivity index (χ2n) is 21.0. The van der Waals surface area contributed by atoms with Crippen molar-refractivity contribution >= 4 is 33.0 Å². The molecule has 1 aliphatic carbocycles. The van der Waals surface area contributed by atoms with Gasteiger partial charge in [-0.25, -0.2) is 0 Å². The molecule has 3 aromatic rings. The zero-order chi connectivity index (χ0) is 45.4. The van der Waals surface area contributed by atoms with Gasteiger partial charge in [-0.3, -0.25) is 9.35 Å². The van der Waals surface area contributed by atoms with Gasteiger partial charge in [0.1, 0.15) is 0 Å². The van der Waals surface area contributed by atoms with E-state index >= 15 is 0 Å². The van der Waals surface area contributed by atoms with E-state index in [-0.39, 0.29) is 22.8 Å². The molecular weight excluding hydrogens is 793 g/mol. The van der Waals surface area contributed by atoms with Crippen LogP contribution < -0.4 is 9.80 Å². The maximum Gasteiger partial charge on any atom is 0.303 e. The van der Waals surface area contributed by atoms with Gasteiger partial charge in [0.2, 0.25) is 0 Å². The Labute approximate surface area is 372 Å². The van der Waals surface area contributed by atoms with Crippen LogP contribution in [0, 0.1) is 6.92 Å². The molecule has 9 nitrogen and oxygen atoms in total. The summed E-state index contributed by atoms with van der Waals surface area (Å²) in [5.74, 6) is -0.800. The predicted octanol–water partition coefficient (Wildman–Crippen LogP) is 9.72. The van der Waals surface area contributed by atoms with E-state index in [1.165, 1.54) is 39.6 Å². The Hall–Kier alpha value is -4.48. The summed E-state index contributed by atoms with van der Waals surface area (Å²) in [6.07, 6.45) is 14.8. The molecule has 2 aliphatic heterocycles. The molecule has 0 aromatic heterocycles. The van der Waals surface area contributed by atoms with E-state index in [0.29, 0.717) is 6.42 Å². The highest BCUT2D eigenvalue weighted by molar-refractivity contribution is 7.85. The van der Waals surface area contributed by atoms with E-state index in [2.05, 4.69) is 153 Å². The SMILES string of the molecule is Cc1ccc2c(c1)C(C)(C)C(/C=C/C1=C(c3ccc(CCC(=O)O)cc3)C(=C/C=C3/N(CCC[N+](C)(C)C)c4ccc(S(=O)(=O)O)cc4C3(C)C)/CCC1)N2CCC[N+](C)(C)C. The van der Waals surface area contributed by atoms with Crippen molar-refractivity contribution in [1.29, 1.82) is 0 Å². The molecular formula is C52H72N4O5S+2. The zero-order valence-electron chi connectivity index (χ0n) is 39.3. The molecule has 3 aliphatic rings. The second kappa shape index (κ2) is 17.9. The van der Waals surface area contributed by atoms with Gasteiger partial charge in [0.15, 0.2) is 0 Å². The molecule has 0 saturated carbocycles. The molecule has 0 amide bonds. The van der Waals surface area contributed by atoms with Crippen molar-refractivity contribution < 1.29 is 31.8 Å². The number of aliphatic carboxylic acids is 1. The molecule has 2 heterocycles. The van der Waals surface area contributed by atoms with Crippen molar-refractivity contribution in [2.75, 3.05) is 78.3 Å². The average molecular weight is 865 g/mol. The summed E-state index contributed by atoms with van der Waals surface area (Å²) < 4.78 is 36.5. The number of carbonyl (C=O) groups is 1. The summed E-state index contributed by atoms with van der Waals surface area (Å²) in [7, 11) is 8.98. The summed E-state index contributed by atoms with van der Waals surface area (Å²) in [5.41, 5.74) is 12.2. The molecule has 0 spiro atoms. The van der Waals surface area contributed by atoms with Gasteiger partial charge < -0.3 is 23.9 Å². The highest BCUT2D eigenvalue weighted by atomic mass is 32.2. The Morgan fingerprint density at radius 1 is 0.823 bits per heavy atom. The number of hydrogen-bond donors (Lipinski definition) is 2. The highest BCUT2D eigenvalue weighted by Gasteiger charge is 2.44. The summed E-state index contributed by atoms with van der Waals surface area (Å²) in [6.45, 7) is 15.0. The molecule has 1 atom stereocenters. The minimum atomic E-state index is -4.38. The first-order valence-corrected chi connectivity index (χ1v) is 23.8. The first kappa shape index (κ1) is 47.0. The number of nitrogens with zero attached hydrogens (tertiary/aromatic N) is 4. The van der Waals surface area contributed by atoms with Crippen LogP contribution in [0.4, 0.5) is 11.4 Å². The molecule has 6 rings (SSSR count). The molecule has 0 saturated heterocycles. The third-order valence-corrected chi connectivity index (χ3v) is 14.0. The number of hydrogen-bond acceptors (Lipinski definition) is 5.